The molecule has 0 amide bonds. The zero-order valence-electron chi connectivity index (χ0n) is 20.9. The number of piperazine rings is 1. The first-order valence-corrected chi connectivity index (χ1v) is 12.7. The summed E-state index contributed by atoms with van der Waals surface area (Å²) in [5.74, 6) is 0.905. The Bertz CT molecular complexity index is 1440. The fourth-order valence-corrected chi connectivity index (χ4v) is 4.82. The highest BCUT2D eigenvalue weighted by Gasteiger charge is 2.20. The number of H-pyrrole nitrogens is 1. The molecule has 1 aliphatic rings. The lowest BCUT2D eigenvalue weighted by atomic mass is 10.1. The SMILES string of the molecule is CCOC(=O)COc1ccc2c(N3CCN(CCCc4c[nH]c5ccc(C#N)cc45)CC3)nccc2n1. The van der Waals surface area contributed by atoms with Crippen LogP contribution in [-0.4, -0.2) is 71.8 Å². The lowest BCUT2D eigenvalue weighted by Crippen LogP contribution is -2.47. The van der Waals surface area contributed by atoms with Crippen LogP contribution in [0.25, 0.3) is 21.8 Å². The molecule has 0 aliphatic carbocycles. The third-order valence-electron chi connectivity index (χ3n) is 6.70. The number of aromatic nitrogens is 3. The van der Waals surface area contributed by atoms with Crippen LogP contribution in [0.2, 0.25) is 0 Å². The van der Waals surface area contributed by atoms with Gasteiger partial charge in [0.1, 0.15) is 5.82 Å². The number of hydrogen-bond acceptors (Lipinski definition) is 8. The number of rotatable bonds is 9. The molecule has 0 spiro atoms. The van der Waals surface area contributed by atoms with Gasteiger partial charge in [0.05, 0.1) is 23.8 Å². The summed E-state index contributed by atoms with van der Waals surface area (Å²) < 4.78 is 10.4. The van der Waals surface area contributed by atoms with Crippen molar-refractivity contribution in [3.8, 4) is 11.9 Å². The van der Waals surface area contributed by atoms with E-state index < -0.39 is 5.97 Å². The van der Waals surface area contributed by atoms with Crippen LogP contribution in [0.15, 0.2) is 48.8 Å². The van der Waals surface area contributed by atoms with Crippen molar-refractivity contribution in [2.45, 2.75) is 19.8 Å². The van der Waals surface area contributed by atoms with Crippen LogP contribution in [-0.2, 0) is 16.0 Å². The molecule has 0 bridgehead atoms. The molecule has 0 unspecified atom stereocenters. The first kappa shape index (κ1) is 24.5. The Balaban J connectivity index is 1.15. The van der Waals surface area contributed by atoms with Gasteiger partial charge in [-0.15, -0.1) is 0 Å². The maximum absolute atomic E-state index is 11.6. The van der Waals surface area contributed by atoms with E-state index in [-0.39, 0.29) is 6.61 Å². The third kappa shape index (κ3) is 5.65. The average molecular weight is 499 g/mol. The molecule has 1 aliphatic heterocycles. The van der Waals surface area contributed by atoms with Gasteiger partial charge in [-0.1, -0.05) is 0 Å². The topological polar surface area (TPSA) is 107 Å². The lowest BCUT2D eigenvalue weighted by molar-refractivity contribution is -0.145. The van der Waals surface area contributed by atoms with E-state index >= 15 is 0 Å². The van der Waals surface area contributed by atoms with Crippen LogP contribution in [0.3, 0.4) is 0 Å². The van der Waals surface area contributed by atoms with Gasteiger partial charge in [-0.25, -0.2) is 14.8 Å². The largest absolute Gasteiger partial charge is 0.466 e. The van der Waals surface area contributed by atoms with Gasteiger partial charge in [0.15, 0.2) is 6.61 Å². The Morgan fingerprint density at radius 3 is 2.81 bits per heavy atom. The van der Waals surface area contributed by atoms with Gasteiger partial charge in [0.2, 0.25) is 5.88 Å². The number of aromatic amines is 1. The van der Waals surface area contributed by atoms with Crippen molar-refractivity contribution in [1.29, 1.82) is 5.26 Å². The van der Waals surface area contributed by atoms with E-state index in [1.54, 1.807) is 19.2 Å². The molecule has 9 heteroatoms. The molecular formula is C28H30N6O3. The fourth-order valence-electron chi connectivity index (χ4n) is 4.82. The highest BCUT2D eigenvalue weighted by Crippen LogP contribution is 2.26. The van der Waals surface area contributed by atoms with Crippen molar-refractivity contribution in [2.75, 3.05) is 50.8 Å². The Morgan fingerprint density at radius 1 is 1.14 bits per heavy atom. The summed E-state index contributed by atoms with van der Waals surface area (Å²) in [5.41, 5.74) is 3.83. The minimum atomic E-state index is -0.410. The molecule has 1 aromatic carbocycles. The summed E-state index contributed by atoms with van der Waals surface area (Å²) in [6.07, 6.45) is 5.88. The minimum Gasteiger partial charge on any atom is -0.466 e. The quantitative estimate of drug-likeness (QED) is 0.348. The second-order valence-corrected chi connectivity index (χ2v) is 9.06. The van der Waals surface area contributed by atoms with Crippen LogP contribution >= 0.6 is 0 Å². The number of pyridine rings is 2. The van der Waals surface area contributed by atoms with Gasteiger partial charge in [-0.05, 0) is 62.2 Å². The second-order valence-electron chi connectivity index (χ2n) is 9.06. The zero-order chi connectivity index (χ0) is 25.6. The monoisotopic (exact) mass is 498 g/mol. The molecule has 3 aromatic heterocycles. The number of anilines is 1. The van der Waals surface area contributed by atoms with E-state index in [9.17, 15) is 10.1 Å². The first-order valence-electron chi connectivity index (χ1n) is 12.7. The number of carbonyl (C=O) groups is 1. The number of esters is 1. The molecule has 37 heavy (non-hydrogen) atoms. The van der Waals surface area contributed by atoms with E-state index in [0.29, 0.717) is 18.1 Å². The summed E-state index contributed by atoms with van der Waals surface area (Å²) in [7, 11) is 0. The average Bonchev–Trinajstić information content (AvgIpc) is 3.34. The van der Waals surface area contributed by atoms with Gasteiger partial charge in [0.25, 0.3) is 0 Å². The van der Waals surface area contributed by atoms with Crippen molar-refractivity contribution in [3.05, 3.63) is 59.9 Å². The summed E-state index contributed by atoms with van der Waals surface area (Å²) in [4.78, 5) is 28.9. The van der Waals surface area contributed by atoms with Crippen molar-refractivity contribution in [3.63, 3.8) is 0 Å². The summed E-state index contributed by atoms with van der Waals surface area (Å²) in [6, 6.07) is 13.6. The highest BCUT2D eigenvalue weighted by molar-refractivity contribution is 5.90. The van der Waals surface area contributed by atoms with Gasteiger partial charge in [0, 0.05) is 60.9 Å². The Labute approximate surface area is 215 Å². The molecule has 5 rings (SSSR count). The lowest BCUT2D eigenvalue weighted by Gasteiger charge is -2.35. The molecule has 1 saturated heterocycles. The molecule has 1 N–H and O–H groups in total. The summed E-state index contributed by atoms with van der Waals surface area (Å²) in [6.45, 7) is 6.69. The molecule has 190 valence electrons. The van der Waals surface area contributed by atoms with Crippen molar-refractivity contribution < 1.29 is 14.3 Å². The number of hydrogen-bond donors (Lipinski definition) is 1. The third-order valence-corrected chi connectivity index (χ3v) is 6.70. The van der Waals surface area contributed by atoms with Crippen LogP contribution in [0.1, 0.15) is 24.5 Å². The van der Waals surface area contributed by atoms with Crippen LogP contribution in [0, 0.1) is 11.3 Å². The molecule has 4 heterocycles. The van der Waals surface area contributed by atoms with Gasteiger partial charge in [-0.3, -0.25) is 4.90 Å². The number of aryl methyl sites for hydroxylation is 1. The van der Waals surface area contributed by atoms with E-state index in [1.165, 1.54) is 5.56 Å². The van der Waals surface area contributed by atoms with Crippen molar-refractivity contribution >= 4 is 33.6 Å². The molecule has 4 aromatic rings. The smallest absolute Gasteiger partial charge is 0.344 e. The number of carbonyl (C=O) groups excluding carboxylic acids is 1. The van der Waals surface area contributed by atoms with Crippen LogP contribution < -0.4 is 9.64 Å². The number of nitrogens with zero attached hydrogens (tertiary/aromatic N) is 5. The number of nitriles is 1. The Kier molecular flexibility index (Phi) is 7.47. The normalized spacial score (nSPS) is 14.1. The van der Waals surface area contributed by atoms with Crippen molar-refractivity contribution in [2.24, 2.45) is 0 Å². The number of nitrogens with one attached hydrogen (secondary N) is 1. The van der Waals surface area contributed by atoms with Gasteiger partial charge >= 0.3 is 5.97 Å². The maximum atomic E-state index is 11.6. The summed E-state index contributed by atoms with van der Waals surface area (Å²) in [5, 5.41) is 11.3. The van der Waals surface area contributed by atoms with E-state index in [1.807, 2.05) is 30.3 Å². The van der Waals surface area contributed by atoms with Crippen LogP contribution in [0.5, 0.6) is 5.88 Å². The van der Waals surface area contributed by atoms with E-state index in [4.69, 9.17) is 9.47 Å². The molecule has 0 atom stereocenters. The number of ether oxygens (including phenoxy) is 2. The minimum absolute atomic E-state index is 0.159. The maximum Gasteiger partial charge on any atom is 0.344 e. The fraction of sp³-hybridized carbons (Fsp3) is 0.357. The van der Waals surface area contributed by atoms with Gasteiger partial charge in [-0.2, -0.15) is 5.26 Å². The Morgan fingerprint density at radius 2 is 2.00 bits per heavy atom. The highest BCUT2D eigenvalue weighted by atomic mass is 16.6. The van der Waals surface area contributed by atoms with Crippen LogP contribution in [0.4, 0.5) is 5.82 Å². The zero-order valence-corrected chi connectivity index (χ0v) is 20.9. The molecule has 0 saturated carbocycles. The number of benzene rings is 1. The first-order chi connectivity index (χ1) is 18.1. The summed E-state index contributed by atoms with van der Waals surface area (Å²) >= 11 is 0. The Hall–Kier alpha value is -4.16. The molecule has 1 fully saturated rings. The molecule has 9 nitrogen and oxygen atoms in total. The second kappa shape index (κ2) is 11.3. The van der Waals surface area contributed by atoms with Crippen molar-refractivity contribution in [1.82, 2.24) is 19.9 Å². The number of fused-ring (bicyclic) bond motifs is 2. The predicted octanol–water partition coefficient (Wildman–Crippen LogP) is 3.68. The molecular weight excluding hydrogens is 468 g/mol. The van der Waals surface area contributed by atoms with E-state index in [0.717, 1.165) is 73.2 Å². The predicted molar refractivity (Wildman–Crippen MR) is 142 cm³/mol. The molecule has 0 radical (unpaired) electrons. The van der Waals surface area contributed by atoms with Gasteiger partial charge < -0.3 is 19.4 Å². The van der Waals surface area contributed by atoms with E-state index in [2.05, 4.69) is 37.0 Å². The standard InChI is InChI=1S/C28H30N6O3/c1-2-36-27(35)19-37-26-8-6-22-25(32-26)9-10-30-28(22)34-14-12-33(13-15-34)11-3-4-21-18-31-24-7-5-20(17-29)16-23(21)24/h5-10,16,18,31H,2-4,11-15,19H2,1H3.